The van der Waals surface area contributed by atoms with Crippen molar-refractivity contribution < 1.29 is 18.0 Å². The van der Waals surface area contributed by atoms with E-state index in [0.29, 0.717) is 17.9 Å². The van der Waals surface area contributed by atoms with Crippen molar-refractivity contribution in [1.82, 2.24) is 4.90 Å². The number of hydrogen-bond donors (Lipinski definition) is 0. The molecule has 0 atom stereocenters. The van der Waals surface area contributed by atoms with Gasteiger partial charge in [0.2, 0.25) is 0 Å². The van der Waals surface area contributed by atoms with E-state index in [2.05, 4.69) is 29.2 Å². The molecule has 2 aromatic rings. The lowest BCUT2D eigenvalue weighted by molar-refractivity contribution is -0.137. The van der Waals surface area contributed by atoms with E-state index < -0.39 is 11.7 Å². The molecule has 0 unspecified atom stereocenters. The number of likely N-dealkylation sites (tertiary alicyclic amines) is 1. The van der Waals surface area contributed by atoms with Gasteiger partial charge >= 0.3 is 6.18 Å². The monoisotopic (exact) mass is 401 g/mol. The molecule has 0 aromatic heterocycles. The number of allylic oxidation sites excluding steroid dienone is 1. The molecule has 0 N–H and O–H groups in total. The maximum atomic E-state index is 12.6. The molecule has 0 bridgehead atoms. The highest BCUT2D eigenvalue weighted by molar-refractivity contribution is 5.93. The van der Waals surface area contributed by atoms with E-state index in [1.165, 1.54) is 23.8 Å². The zero-order chi connectivity index (χ0) is 20.7. The first-order valence-electron chi connectivity index (χ1n) is 10.0. The molecule has 2 nitrogen and oxygen atoms in total. The van der Waals surface area contributed by atoms with Gasteiger partial charge in [-0.3, -0.25) is 4.79 Å². The molecule has 3 rings (SSSR count). The fraction of sp³-hybridized carbons (Fsp3) is 0.375. The molecule has 0 aliphatic carbocycles. The van der Waals surface area contributed by atoms with Crippen LogP contribution in [0.15, 0.2) is 60.7 Å². The molecule has 5 heteroatoms. The Hall–Kier alpha value is -2.40. The van der Waals surface area contributed by atoms with E-state index >= 15 is 0 Å². The summed E-state index contributed by atoms with van der Waals surface area (Å²) in [5.74, 6) is 0.695. The van der Waals surface area contributed by atoms with Gasteiger partial charge in [-0.25, -0.2) is 0 Å². The molecule has 0 saturated carbocycles. The maximum absolute atomic E-state index is 12.6. The number of alkyl halides is 3. The normalized spacial score (nSPS) is 16.4. The third kappa shape index (κ3) is 6.86. The molecule has 29 heavy (non-hydrogen) atoms. The number of hydrogen-bond acceptors (Lipinski definition) is 2. The molecule has 2 aromatic carbocycles. The number of rotatable bonds is 7. The van der Waals surface area contributed by atoms with Crippen molar-refractivity contribution in [2.75, 3.05) is 19.6 Å². The van der Waals surface area contributed by atoms with Crippen LogP contribution in [0.3, 0.4) is 0 Å². The van der Waals surface area contributed by atoms with Gasteiger partial charge in [0, 0.05) is 13.0 Å². The van der Waals surface area contributed by atoms with Crippen molar-refractivity contribution in [3.8, 4) is 0 Å². The molecular formula is C24H26F3NO. The molecule has 0 spiro atoms. The molecule has 154 valence electrons. The van der Waals surface area contributed by atoms with E-state index in [-0.39, 0.29) is 5.78 Å². The lowest BCUT2D eigenvalue weighted by Crippen LogP contribution is -2.35. The maximum Gasteiger partial charge on any atom is 0.416 e. The van der Waals surface area contributed by atoms with Gasteiger partial charge in [-0.05, 0) is 67.6 Å². The molecule has 1 heterocycles. The van der Waals surface area contributed by atoms with Gasteiger partial charge in [-0.1, -0.05) is 48.5 Å². The van der Waals surface area contributed by atoms with Crippen molar-refractivity contribution in [3.05, 3.63) is 77.4 Å². The quantitative estimate of drug-likeness (QED) is 0.560. The third-order valence-corrected chi connectivity index (χ3v) is 5.45. The summed E-state index contributed by atoms with van der Waals surface area (Å²) >= 11 is 0. The molecule has 1 aliphatic heterocycles. The Kier molecular flexibility index (Phi) is 7.26. The Labute approximate surface area is 170 Å². The van der Waals surface area contributed by atoms with Crippen LogP contribution in [0.2, 0.25) is 0 Å². The Balaban J connectivity index is 1.38. The Morgan fingerprint density at radius 3 is 2.28 bits per heavy atom. The third-order valence-electron chi connectivity index (χ3n) is 5.45. The lowest BCUT2D eigenvalue weighted by Gasteiger charge is -2.31. The second-order valence-corrected chi connectivity index (χ2v) is 7.64. The minimum Gasteiger partial charge on any atom is -0.303 e. The van der Waals surface area contributed by atoms with Gasteiger partial charge in [0.1, 0.15) is 0 Å². The fourth-order valence-electron chi connectivity index (χ4n) is 3.69. The number of piperidine rings is 1. The van der Waals surface area contributed by atoms with Crippen LogP contribution in [0.5, 0.6) is 0 Å². The first-order chi connectivity index (χ1) is 13.9. The summed E-state index contributed by atoms with van der Waals surface area (Å²) in [6.07, 6.45) is 2.53. The summed E-state index contributed by atoms with van der Waals surface area (Å²) in [6, 6.07) is 15.4. The number of carbonyl (C=O) groups is 1. The Bertz CT molecular complexity index is 804. The summed E-state index contributed by atoms with van der Waals surface area (Å²) in [5, 5.41) is 0. The SMILES string of the molecule is O=C(C=Cc1ccc(C(F)(F)F)cc1)CCN1CCC(Cc2ccccc2)CC1. The number of halogens is 3. The molecule has 0 amide bonds. The molecule has 1 aliphatic rings. The van der Waals surface area contributed by atoms with Gasteiger partial charge < -0.3 is 4.90 Å². The van der Waals surface area contributed by atoms with Gasteiger partial charge in [-0.2, -0.15) is 13.2 Å². The second kappa shape index (κ2) is 9.88. The van der Waals surface area contributed by atoms with Gasteiger partial charge in [0.25, 0.3) is 0 Å². The van der Waals surface area contributed by atoms with Gasteiger partial charge in [-0.15, -0.1) is 0 Å². The van der Waals surface area contributed by atoms with Crippen molar-refractivity contribution in [3.63, 3.8) is 0 Å². The number of nitrogens with zero attached hydrogens (tertiary/aromatic N) is 1. The number of benzene rings is 2. The zero-order valence-corrected chi connectivity index (χ0v) is 16.4. The van der Waals surface area contributed by atoms with E-state index in [9.17, 15) is 18.0 Å². The molecule has 1 saturated heterocycles. The minimum absolute atomic E-state index is 0.00342. The number of carbonyl (C=O) groups excluding carboxylic acids is 1. The minimum atomic E-state index is -4.34. The average Bonchev–Trinajstić information content (AvgIpc) is 2.72. The molecule has 0 radical (unpaired) electrons. The second-order valence-electron chi connectivity index (χ2n) is 7.64. The summed E-state index contributed by atoms with van der Waals surface area (Å²) in [4.78, 5) is 14.4. The van der Waals surface area contributed by atoms with Crippen LogP contribution in [-0.4, -0.2) is 30.3 Å². The van der Waals surface area contributed by atoms with Gasteiger partial charge in [0.15, 0.2) is 5.78 Å². The summed E-state index contributed by atoms with van der Waals surface area (Å²) in [7, 11) is 0. The van der Waals surface area contributed by atoms with Gasteiger partial charge in [0.05, 0.1) is 5.56 Å². The first-order valence-corrected chi connectivity index (χ1v) is 10.0. The fourth-order valence-corrected chi connectivity index (χ4v) is 3.69. The number of ketones is 1. The predicted octanol–water partition coefficient (Wildman–Crippen LogP) is 5.63. The highest BCUT2D eigenvalue weighted by Crippen LogP contribution is 2.29. The summed E-state index contributed by atoms with van der Waals surface area (Å²) in [5.41, 5.74) is 1.29. The van der Waals surface area contributed by atoms with Crippen LogP contribution in [0.1, 0.15) is 36.0 Å². The van der Waals surface area contributed by atoms with Crippen molar-refractivity contribution in [2.45, 2.75) is 31.9 Å². The van der Waals surface area contributed by atoms with E-state index in [1.807, 2.05) is 6.07 Å². The standard InChI is InChI=1S/C24H26F3NO/c25-24(26,27)22-9-6-19(7-10-22)8-11-23(29)14-17-28-15-12-21(13-16-28)18-20-4-2-1-3-5-20/h1-11,21H,12-18H2. The summed E-state index contributed by atoms with van der Waals surface area (Å²) < 4.78 is 37.7. The smallest absolute Gasteiger partial charge is 0.303 e. The van der Waals surface area contributed by atoms with Crippen LogP contribution in [0, 0.1) is 5.92 Å². The van der Waals surface area contributed by atoms with Crippen LogP contribution in [0.4, 0.5) is 13.2 Å². The van der Waals surface area contributed by atoms with E-state index in [1.54, 1.807) is 6.08 Å². The highest BCUT2D eigenvalue weighted by Gasteiger charge is 2.29. The van der Waals surface area contributed by atoms with E-state index in [4.69, 9.17) is 0 Å². The largest absolute Gasteiger partial charge is 0.416 e. The average molecular weight is 401 g/mol. The Morgan fingerprint density at radius 2 is 1.66 bits per heavy atom. The van der Waals surface area contributed by atoms with Crippen LogP contribution >= 0.6 is 0 Å². The predicted molar refractivity (Wildman–Crippen MR) is 109 cm³/mol. The van der Waals surface area contributed by atoms with Crippen LogP contribution < -0.4 is 0 Å². The summed E-state index contributed by atoms with van der Waals surface area (Å²) in [6.45, 7) is 2.75. The van der Waals surface area contributed by atoms with Crippen molar-refractivity contribution >= 4 is 11.9 Å². The topological polar surface area (TPSA) is 20.3 Å². The lowest BCUT2D eigenvalue weighted by atomic mass is 9.90. The van der Waals surface area contributed by atoms with E-state index in [0.717, 1.165) is 51.0 Å². The van der Waals surface area contributed by atoms with Crippen LogP contribution in [0.25, 0.3) is 6.08 Å². The Morgan fingerprint density at radius 1 is 1.00 bits per heavy atom. The van der Waals surface area contributed by atoms with Crippen molar-refractivity contribution in [2.24, 2.45) is 5.92 Å². The highest BCUT2D eigenvalue weighted by atomic mass is 19.4. The first kappa shape index (κ1) is 21.3. The van der Waals surface area contributed by atoms with Crippen LogP contribution in [-0.2, 0) is 17.4 Å². The molecule has 1 fully saturated rings. The van der Waals surface area contributed by atoms with Crippen molar-refractivity contribution in [1.29, 1.82) is 0 Å². The zero-order valence-electron chi connectivity index (χ0n) is 16.4. The molecular weight excluding hydrogens is 375 g/mol.